The number of nitrogens with zero attached hydrogens (tertiary/aromatic N) is 1. The van der Waals surface area contributed by atoms with E-state index in [1.807, 2.05) is 12.1 Å². The molecule has 1 N–H and O–H groups in total. The molecule has 1 amide bonds. The Morgan fingerprint density at radius 2 is 1.68 bits per heavy atom. The van der Waals surface area contributed by atoms with E-state index in [1.165, 1.54) is 22.2 Å². The summed E-state index contributed by atoms with van der Waals surface area (Å²) in [6.45, 7) is 6.44. The van der Waals surface area contributed by atoms with Gasteiger partial charge >= 0.3 is 5.97 Å². The highest BCUT2D eigenvalue weighted by atomic mass is 32.2. The number of hydrogen-bond acceptors (Lipinski definition) is 4. The minimum absolute atomic E-state index is 0.0313. The van der Waals surface area contributed by atoms with Crippen molar-refractivity contribution in [2.24, 2.45) is 0 Å². The fraction of sp³-hybridized carbons (Fsp3) is 0.364. The number of hydrogen-bond donors (Lipinski definition) is 1. The second-order valence-corrected chi connectivity index (χ2v) is 8.97. The Morgan fingerprint density at radius 3 is 2.18 bits per heavy atom. The van der Waals surface area contributed by atoms with E-state index in [-0.39, 0.29) is 16.7 Å². The summed E-state index contributed by atoms with van der Waals surface area (Å²) in [4.78, 5) is 26.5. The van der Waals surface area contributed by atoms with Crippen LogP contribution in [0.2, 0.25) is 0 Å². The predicted molar refractivity (Wildman–Crippen MR) is 111 cm³/mol. The maximum Gasteiger partial charge on any atom is 0.327 e. The number of carbonyl (C=O) groups is 2. The van der Waals surface area contributed by atoms with Crippen LogP contribution in [0.5, 0.6) is 5.75 Å². The van der Waals surface area contributed by atoms with Crippen molar-refractivity contribution >= 4 is 23.6 Å². The number of carboxylic acid groups (broad SMARTS) is 1. The molecule has 0 aromatic heterocycles. The van der Waals surface area contributed by atoms with E-state index in [4.69, 9.17) is 4.74 Å². The van der Waals surface area contributed by atoms with Gasteiger partial charge in [-0.05, 0) is 40.8 Å². The molecule has 6 heteroatoms. The van der Waals surface area contributed by atoms with Crippen LogP contribution < -0.4 is 4.74 Å². The molecule has 0 spiro atoms. The fourth-order valence-electron chi connectivity index (χ4n) is 3.23. The van der Waals surface area contributed by atoms with Gasteiger partial charge in [-0.1, -0.05) is 45.0 Å². The molecule has 5 nitrogen and oxygen atoms in total. The van der Waals surface area contributed by atoms with Gasteiger partial charge in [-0.2, -0.15) is 0 Å². The van der Waals surface area contributed by atoms with Crippen LogP contribution in [0.15, 0.2) is 48.5 Å². The summed E-state index contributed by atoms with van der Waals surface area (Å²) in [7, 11) is 1.56. The lowest BCUT2D eigenvalue weighted by atomic mass is 9.86. The SMILES string of the molecule is COc1ccc(C(=O)N2C(C(=O)O)CSC2c2ccc(C(C)(C)C)cc2)cc1. The summed E-state index contributed by atoms with van der Waals surface area (Å²) in [5, 5.41) is 9.32. The van der Waals surface area contributed by atoms with E-state index in [0.717, 1.165) is 5.56 Å². The first-order chi connectivity index (χ1) is 13.2. The van der Waals surface area contributed by atoms with Crippen molar-refractivity contribution in [2.45, 2.75) is 37.6 Å². The van der Waals surface area contributed by atoms with Crippen LogP contribution in [-0.2, 0) is 10.2 Å². The number of benzene rings is 2. The second kappa shape index (κ2) is 7.87. The van der Waals surface area contributed by atoms with Crippen LogP contribution in [0.1, 0.15) is 47.6 Å². The summed E-state index contributed by atoms with van der Waals surface area (Å²) in [5.74, 6) is -0.257. The molecule has 2 aromatic rings. The van der Waals surface area contributed by atoms with Crippen molar-refractivity contribution in [3.8, 4) is 5.75 Å². The predicted octanol–water partition coefficient (Wildman–Crippen LogP) is 4.33. The molecule has 0 bridgehead atoms. The third-order valence-corrected chi connectivity index (χ3v) is 6.24. The molecule has 1 aliphatic rings. The van der Waals surface area contributed by atoms with E-state index in [0.29, 0.717) is 17.1 Å². The number of aliphatic carboxylic acids is 1. The molecular weight excluding hydrogens is 374 g/mol. The first-order valence-corrected chi connectivity index (χ1v) is 10.2. The Balaban J connectivity index is 1.93. The standard InChI is InChI=1S/C22H25NO4S/c1-22(2,3)16-9-5-15(6-10-16)20-23(18(13-28-20)21(25)26)19(24)14-7-11-17(27-4)12-8-14/h5-12,18,20H,13H2,1-4H3,(H,25,26). The number of amides is 1. The summed E-state index contributed by atoms with van der Waals surface area (Å²) in [5.41, 5.74) is 2.61. The second-order valence-electron chi connectivity index (χ2n) is 7.85. The zero-order valence-corrected chi connectivity index (χ0v) is 17.3. The molecule has 1 fully saturated rings. The summed E-state index contributed by atoms with van der Waals surface area (Å²) >= 11 is 1.48. The highest BCUT2D eigenvalue weighted by Crippen LogP contribution is 2.42. The van der Waals surface area contributed by atoms with E-state index in [1.54, 1.807) is 31.4 Å². The molecule has 1 aliphatic heterocycles. The van der Waals surface area contributed by atoms with Crippen LogP contribution in [0.3, 0.4) is 0 Å². The van der Waals surface area contributed by atoms with Gasteiger partial charge in [0.2, 0.25) is 0 Å². The van der Waals surface area contributed by atoms with Crippen molar-refractivity contribution in [1.82, 2.24) is 4.90 Å². The van der Waals surface area contributed by atoms with Crippen LogP contribution in [0.4, 0.5) is 0 Å². The lowest BCUT2D eigenvalue weighted by Crippen LogP contribution is -2.42. The van der Waals surface area contributed by atoms with Crippen molar-refractivity contribution < 1.29 is 19.4 Å². The Kier molecular flexibility index (Phi) is 5.70. The zero-order chi connectivity index (χ0) is 20.5. The Bertz CT molecular complexity index is 856. The van der Waals surface area contributed by atoms with Gasteiger partial charge in [0.25, 0.3) is 5.91 Å². The molecule has 0 radical (unpaired) electrons. The molecule has 0 aliphatic carbocycles. The number of rotatable bonds is 4. The lowest BCUT2D eigenvalue weighted by molar-refractivity contribution is -0.141. The molecule has 0 saturated carbocycles. The monoisotopic (exact) mass is 399 g/mol. The molecule has 148 valence electrons. The van der Waals surface area contributed by atoms with Crippen LogP contribution in [0.25, 0.3) is 0 Å². The van der Waals surface area contributed by atoms with Crippen molar-refractivity contribution in [3.63, 3.8) is 0 Å². The smallest absolute Gasteiger partial charge is 0.327 e. The maximum absolute atomic E-state index is 13.2. The molecule has 2 aromatic carbocycles. The first-order valence-electron chi connectivity index (χ1n) is 9.14. The third kappa shape index (κ3) is 4.02. The summed E-state index contributed by atoms with van der Waals surface area (Å²) < 4.78 is 5.14. The number of methoxy groups -OCH3 is 1. The molecule has 3 rings (SSSR count). The number of carbonyl (C=O) groups excluding carboxylic acids is 1. The van der Waals surface area contributed by atoms with Crippen LogP contribution in [-0.4, -0.2) is 40.8 Å². The normalized spacial score (nSPS) is 19.5. The van der Waals surface area contributed by atoms with Crippen LogP contribution >= 0.6 is 11.8 Å². The highest BCUT2D eigenvalue weighted by molar-refractivity contribution is 7.99. The average molecular weight is 400 g/mol. The van der Waals surface area contributed by atoms with E-state index < -0.39 is 12.0 Å². The molecule has 1 heterocycles. The minimum atomic E-state index is -0.983. The average Bonchev–Trinajstić information content (AvgIpc) is 3.12. The summed E-state index contributed by atoms with van der Waals surface area (Å²) in [6.07, 6.45) is 0. The van der Waals surface area contributed by atoms with Gasteiger partial charge < -0.3 is 14.7 Å². The van der Waals surface area contributed by atoms with Gasteiger partial charge in [-0.15, -0.1) is 11.8 Å². The lowest BCUT2D eigenvalue weighted by Gasteiger charge is -2.28. The van der Waals surface area contributed by atoms with Gasteiger partial charge in [0, 0.05) is 11.3 Å². The minimum Gasteiger partial charge on any atom is -0.497 e. The molecule has 2 unspecified atom stereocenters. The quantitative estimate of drug-likeness (QED) is 0.829. The van der Waals surface area contributed by atoms with Gasteiger partial charge in [0.05, 0.1) is 7.11 Å². The van der Waals surface area contributed by atoms with E-state index >= 15 is 0 Å². The highest BCUT2D eigenvalue weighted by Gasteiger charge is 2.42. The number of ether oxygens (including phenoxy) is 1. The zero-order valence-electron chi connectivity index (χ0n) is 16.5. The summed E-state index contributed by atoms with van der Waals surface area (Å²) in [6, 6.07) is 14.0. The maximum atomic E-state index is 13.2. The van der Waals surface area contributed by atoms with Crippen LogP contribution in [0, 0.1) is 0 Å². The Morgan fingerprint density at radius 1 is 1.07 bits per heavy atom. The Hall–Kier alpha value is -2.47. The van der Waals surface area contributed by atoms with E-state index in [2.05, 4.69) is 32.9 Å². The number of thioether (sulfide) groups is 1. The Labute approximate surface area is 169 Å². The van der Waals surface area contributed by atoms with Gasteiger partial charge in [0.1, 0.15) is 17.2 Å². The molecule has 28 heavy (non-hydrogen) atoms. The fourth-order valence-corrected chi connectivity index (χ4v) is 4.65. The van der Waals surface area contributed by atoms with Gasteiger partial charge in [-0.3, -0.25) is 4.79 Å². The topological polar surface area (TPSA) is 66.8 Å². The van der Waals surface area contributed by atoms with Gasteiger partial charge in [-0.25, -0.2) is 4.79 Å². The van der Waals surface area contributed by atoms with Crippen molar-refractivity contribution in [1.29, 1.82) is 0 Å². The van der Waals surface area contributed by atoms with Crippen molar-refractivity contribution in [3.05, 3.63) is 65.2 Å². The van der Waals surface area contributed by atoms with Crippen molar-refractivity contribution in [2.75, 3.05) is 12.9 Å². The largest absolute Gasteiger partial charge is 0.497 e. The first kappa shape index (κ1) is 20.3. The van der Waals surface area contributed by atoms with Gasteiger partial charge in [0.15, 0.2) is 0 Å². The molecule has 2 atom stereocenters. The third-order valence-electron chi connectivity index (χ3n) is 4.92. The number of carboxylic acids is 1. The molecular formula is C22H25NO4S. The molecule has 1 saturated heterocycles. The van der Waals surface area contributed by atoms with E-state index in [9.17, 15) is 14.7 Å².